The van der Waals surface area contributed by atoms with Crippen molar-refractivity contribution in [3.63, 3.8) is 0 Å². The maximum Gasteiger partial charge on any atom is 0.235 e. The van der Waals surface area contributed by atoms with Gasteiger partial charge in [-0.3, -0.25) is 0 Å². The number of nitrogens with one attached hydrogen (secondary N) is 1. The number of halogens is 1. The summed E-state index contributed by atoms with van der Waals surface area (Å²) >= 11 is 9.30. The number of rotatable bonds is 4. The molecule has 1 aliphatic rings. The molecule has 22 heavy (non-hydrogen) atoms. The van der Waals surface area contributed by atoms with Crippen molar-refractivity contribution in [2.24, 2.45) is 0 Å². The molecule has 1 atom stereocenters. The summed E-state index contributed by atoms with van der Waals surface area (Å²) in [7, 11) is 0. The molecule has 5 nitrogen and oxygen atoms in total. The van der Waals surface area contributed by atoms with Crippen LogP contribution < -0.4 is 5.32 Å². The van der Waals surface area contributed by atoms with Gasteiger partial charge in [0.15, 0.2) is 10.2 Å². The lowest BCUT2D eigenvalue weighted by atomic mass is 10.2. The maximum absolute atomic E-state index is 6.02. The van der Waals surface area contributed by atoms with Crippen molar-refractivity contribution in [3.05, 3.63) is 40.7 Å². The van der Waals surface area contributed by atoms with Crippen LogP contribution in [0.1, 0.15) is 30.3 Å². The number of aromatic nitrogens is 4. The SMILES string of the molecule is Clc1cccc(CSc2nn3c([C@H]4CCCN4)nnc3s2)c1. The number of hydrogen-bond acceptors (Lipinski definition) is 6. The molecule has 0 radical (unpaired) electrons. The molecule has 4 rings (SSSR count). The van der Waals surface area contributed by atoms with E-state index in [4.69, 9.17) is 11.6 Å². The lowest BCUT2D eigenvalue weighted by Gasteiger charge is -2.04. The minimum atomic E-state index is 0.280. The van der Waals surface area contributed by atoms with Crippen molar-refractivity contribution in [2.75, 3.05) is 6.54 Å². The summed E-state index contributed by atoms with van der Waals surface area (Å²) in [6.45, 7) is 1.04. The summed E-state index contributed by atoms with van der Waals surface area (Å²) < 4.78 is 2.89. The van der Waals surface area contributed by atoms with Crippen LogP contribution in [0, 0.1) is 0 Å². The number of hydrogen-bond donors (Lipinski definition) is 1. The lowest BCUT2D eigenvalue weighted by Crippen LogP contribution is -2.16. The van der Waals surface area contributed by atoms with Gasteiger partial charge in [0.25, 0.3) is 0 Å². The molecular formula is C14H14ClN5S2. The quantitative estimate of drug-likeness (QED) is 0.728. The van der Waals surface area contributed by atoms with Gasteiger partial charge in [-0.05, 0) is 37.1 Å². The van der Waals surface area contributed by atoms with Crippen molar-refractivity contribution in [2.45, 2.75) is 29.0 Å². The Kier molecular flexibility index (Phi) is 4.04. The summed E-state index contributed by atoms with van der Waals surface area (Å²) in [6.07, 6.45) is 2.28. The van der Waals surface area contributed by atoms with Gasteiger partial charge < -0.3 is 5.32 Å². The van der Waals surface area contributed by atoms with E-state index in [1.165, 1.54) is 12.0 Å². The minimum absolute atomic E-state index is 0.280. The molecular weight excluding hydrogens is 338 g/mol. The van der Waals surface area contributed by atoms with E-state index in [1.54, 1.807) is 23.1 Å². The van der Waals surface area contributed by atoms with E-state index in [0.29, 0.717) is 0 Å². The zero-order valence-electron chi connectivity index (χ0n) is 11.7. The van der Waals surface area contributed by atoms with E-state index < -0.39 is 0 Å². The van der Waals surface area contributed by atoms with Crippen molar-refractivity contribution in [1.82, 2.24) is 25.1 Å². The van der Waals surface area contributed by atoms with Crippen LogP contribution in [0.4, 0.5) is 0 Å². The lowest BCUT2D eigenvalue weighted by molar-refractivity contribution is 0.582. The molecule has 114 valence electrons. The molecule has 0 spiro atoms. The summed E-state index contributed by atoms with van der Waals surface area (Å²) in [4.78, 5) is 0.859. The molecule has 1 saturated heterocycles. The first-order chi connectivity index (χ1) is 10.8. The summed E-state index contributed by atoms with van der Waals surface area (Å²) in [5.41, 5.74) is 1.20. The molecule has 1 aliphatic heterocycles. The zero-order valence-corrected chi connectivity index (χ0v) is 14.1. The van der Waals surface area contributed by atoms with Crippen molar-refractivity contribution >= 4 is 39.7 Å². The molecule has 1 aromatic carbocycles. The second-order valence-corrected chi connectivity index (χ2v) is 7.80. The van der Waals surface area contributed by atoms with Gasteiger partial charge in [0.05, 0.1) is 6.04 Å². The number of fused-ring (bicyclic) bond motifs is 1. The standard InChI is InChI=1S/C14H14ClN5S2/c15-10-4-1-3-9(7-10)8-21-14-19-20-12(11-5-2-6-16-11)17-18-13(20)22-14/h1,3-4,7,11,16H,2,5-6,8H2/t11-/m1/s1. The fourth-order valence-corrected chi connectivity index (χ4v) is 4.61. The molecule has 1 N–H and O–H groups in total. The van der Waals surface area contributed by atoms with Crippen LogP contribution in [0.3, 0.4) is 0 Å². The number of thioether (sulfide) groups is 1. The van der Waals surface area contributed by atoms with Crippen molar-refractivity contribution in [3.8, 4) is 0 Å². The van der Waals surface area contributed by atoms with E-state index in [9.17, 15) is 0 Å². The Balaban J connectivity index is 1.53. The van der Waals surface area contributed by atoms with E-state index in [2.05, 4.69) is 26.7 Å². The van der Waals surface area contributed by atoms with E-state index in [1.807, 2.05) is 22.7 Å². The third-order valence-electron chi connectivity index (χ3n) is 3.62. The largest absolute Gasteiger partial charge is 0.307 e. The molecule has 0 amide bonds. The smallest absolute Gasteiger partial charge is 0.235 e. The first kappa shape index (κ1) is 14.4. The Morgan fingerprint density at radius 3 is 3.18 bits per heavy atom. The predicted octanol–water partition coefficient (Wildman–Crippen LogP) is 3.56. The Morgan fingerprint density at radius 1 is 1.41 bits per heavy atom. The highest BCUT2D eigenvalue weighted by Crippen LogP contribution is 2.30. The third kappa shape index (κ3) is 2.86. The molecule has 0 aliphatic carbocycles. The minimum Gasteiger partial charge on any atom is -0.307 e. The van der Waals surface area contributed by atoms with Gasteiger partial charge >= 0.3 is 0 Å². The Bertz CT molecular complexity index is 793. The van der Waals surface area contributed by atoms with Crippen LogP contribution in [0.5, 0.6) is 0 Å². The molecule has 0 saturated carbocycles. The fourth-order valence-electron chi connectivity index (χ4n) is 2.57. The maximum atomic E-state index is 6.02. The highest BCUT2D eigenvalue weighted by molar-refractivity contribution is 8.00. The summed E-state index contributed by atoms with van der Waals surface area (Å²) in [5.74, 6) is 1.78. The second-order valence-electron chi connectivity index (χ2n) is 5.19. The van der Waals surface area contributed by atoms with Crippen LogP contribution in [0.15, 0.2) is 28.6 Å². The van der Waals surface area contributed by atoms with Crippen LogP contribution in [-0.4, -0.2) is 26.4 Å². The molecule has 2 aromatic heterocycles. The molecule has 1 fully saturated rings. The second kappa shape index (κ2) is 6.16. The van der Waals surface area contributed by atoms with Gasteiger partial charge in [-0.15, -0.1) is 15.3 Å². The van der Waals surface area contributed by atoms with Crippen LogP contribution in [-0.2, 0) is 5.75 Å². The first-order valence-electron chi connectivity index (χ1n) is 7.12. The average Bonchev–Trinajstić information content (AvgIpc) is 3.21. The summed E-state index contributed by atoms with van der Waals surface area (Å²) in [6, 6.07) is 8.21. The summed E-state index contributed by atoms with van der Waals surface area (Å²) in [5, 5.41) is 17.4. The highest BCUT2D eigenvalue weighted by Gasteiger charge is 2.23. The number of nitrogens with zero attached hydrogens (tertiary/aromatic N) is 4. The number of benzene rings is 1. The molecule has 8 heteroatoms. The van der Waals surface area contributed by atoms with E-state index in [-0.39, 0.29) is 6.04 Å². The monoisotopic (exact) mass is 351 g/mol. The Morgan fingerprint density at radius 2 is 2.36 bits per heavy atom. The molecule has 0 unspecified atom stereocenters. The van der Waals surface area contributed by atoms with Gasteiger partial charge in [0.2, 0.25) is 4.96 Å². The van der Waals surface area contributed by atoms with E-state index in [0.717, 1.165) is 38.9 Å². The zero-order chi connectivity index (χ0) is 14.9. The molecule has 3 heterocycles. The fraction of sp³-hybridized carbons (Fsp3) is 0.357. The van der Waals surface area contributed by atoms with Gasteiger partial charge in [-0.25, -0.2) is 0 Å². The van der Waals surface area contributed by atoms with Gasteiger partial charge in [-0.2, -0.15) is 4.52 Å². The van der Waals surface area contributed by atoms with Gasteiger partial charge in [0, 0.05) is 10.8 Å². The van der Waals surface area contributed by atoms with Crippen LogP contribution in [0.2, 0.25) is 5.02 Å². The highest BCUT2D eigenvalue weighted by atomic mass is 35.5. The van der Waals surface area contributed by atoms with Crippen molar-refractivity contribution in [1.29, 1.82) is 0 Å². The van der Waals surface area contributed by atoms with Gasteiger partial charge in [-0.1, -0.05) is 46.8 Å². The normalized spacial score (nSPS) is 18.3. The van der Waals surface area contributed by atoms with E-state index >= 15 is 0 Å². The molecule has 3 aromatic rings. The average molecular weight is 352 g/mol. The van der Waals surface area contributed by atoms with Crippen molar-refractivity contribution < 1.29 is 0 Å². The van der Waals surface area contributed by atoms with Crippen LogP contribution >= 0.6 is 34.7 Å². The van der Waals surface area contributed by atoms with Gasteiger partial charge in [0.1, 0.15) is 0 Å². The predicted molar refractivity (Wildman–Crippen MR) is 89.6 cm³/mol. The van der Waals surface area contributed by atoms with Crippen LogP contribution in [0.25, 0.3) is 4.96 Å². The Hall–Kier alpha value is -1.15. The Labute approximate surface area is 141 Å². The topological polar surface area (TPSA) is 55.1 Å². The first-order valence-corrected chi connectivity index (χ1v) is 9.30. The molecule has 0 bridgehead atoms. The third-order valence-corrected chi connectivity index (χ3v) is 5.96.